The van der Waals surface area contributed by atoms with E-state index in [1.165, 1.54) is 88.0 Å². The molecule has 0 saturated heterocycles. The van der Waals surface area contributed by atoms with Gasteiger partial charge in [-0.15, -0.1) is 0 Å². The molecule has 2 aliphatic carbocycles. The van der Waals surface area contributed by atoms with Gasteiger partial charge < -0.3 is 9.13 Å². The Morgan fingerprint density at radius 2 is 0.660 bits per heavy atom. The van der Waals surface area contributed by atoms with Gasteiger partial charge in [-0.25, -0.2) is 15.0 Å². The number of hydrogen-bond donors (Lipinski definition) is 0. The Labute approximate surface area is 560 Å². The number of fused-ring (bicyclic) bond motifs is 19. The molecule has 0 bridgehead atoms. The van der Waals surface area contributed by atoms with E-state index in [1.807, 2.05) is 18.2 Å². The van der Waals surface area contributed by atoms with Crippen molar-refractivity contribution >= 4 is 54.4 Å². The number of rotatable bonds is 9. The molecule has 0 fully saturated rings. The van der Waals surface area contributed by atoms with E-state index in [9.17, 15) is 0 Å². The number of benzene rings is 15. The highest BCUT2D eigenvalue weighted by molar-refractivity contribution is 6.25. The van der Waals surface area contributed by atoms with Crippen molar-refractivity contribution in [3.63, 3.8) is 0 Å². The van der Waals surface area contributed by atoms with Gasteiger partial charge in [0.1, 0.15) is 0 Å². The smallest absolute Gasteiger partial charge is 0.164 e. The minimum absolute atomic E-state index is 0.556. The van der Waals surface area contributed by atoms with E-state index in [-0.39, 0.29) is 0 Å². The van der Waals surface area contributed by atoms with Gasteiger partial charge in [0.2, 0.25) is 0 Å². The SMILES string of the molecule is c1ccc(-c2cc(-c3ccccc3)cc(-c3cccc(-c4nc(-c5ccccc5)nc(-c5cccc(-n6c7c8c(ccc7c7cc(-c9ccc%10c(c9)c9ccccc9n%10-c9ccccc9)c9ccccc9c76)C6(c7ccccc7-c7ccccc76)c6ccccc6-8)c5)n4)c3)c2)cc1. The Morgan fingerprint density at radius 3 is 1.32 bits per heavy atom. The van der Waals surface area contributed by atoms with E-state index in [0.29, 0.717) is 17.5 Å². The Balaban J connectivity index is 0.824. The van der Waals surface area contributed by atoms with Crippen molar-refractivity contribution in [3.05, 3.63) is 368 Å². The van der Waals surface area contributed by atoms with Crippen LogP contribution >= 0.6 is 0 Å². The van der Waals surface area contributed by atoms with Crippen molar-refractivity contribution < 1.29 is 0 Å². The van der Waals surface area contributed by atoms with Crippen LogP contribution in [0.4, 0.5) is 0 Å². The Hall–Kier alpha value is -12.8. The molecule has 0 amide bonds. The highest BCUT2D eigenvalue weighted by Crippen LogP contribution is 2.64. The van der Waals surface area contributed by atoms with Crippen LogP contribution in [0.15, 0.2) is 346 Å². The topological polar surface area (TPSA) is 48.5 Å². The van der Waals surface area contributed by atoms with Gasteiger partial charge in [0.25, 0.3) is 0 Å². The molecule has 0 aliphatic heterocycles. The van der Waals surface area contributed by atoms with Gasteiger partial charge in [0, 0.05) is 60.6 Å². The maximum absolute atomic E-state index is 5.51. The van der Waals surface area contributed by atoms with Crippen molar-refractivity contribution in [1.29, 1.82) is 0 Å². The Bertz CT molecular complexity index is 6140. The average molecular weight is 1230 g/mol. The molecule has 1 spiro atoms. The minimum atomic E-state index is -0.556. The molecular weight excluding hydrogens is 1180 g/mol. The lowest BCUT2D eigenvalue weighted by atomic mass is 9.70. The van der Waals surface area contributed by atoms with Crippen molar-refractivity contribution in [1.82, 2.24) is 24.1 Å². The first kappa shape index (κ1) is 54.7. The van der Waals surface area contributed by atoms with Gasteiger partial charge in [-0.05, 0) is 162 Å². The van der Waals surface area contributed by atoms with Crippen LogP contribution in [-0.4, -0.2) is 24.1 Å². The molecule has 3 aromatic heterocycles. The molecule has 0 radical (unpaired) electrons. The number of para-hydroxylation sites is 2. The lowest BCUT2D eigenvalue weighted by Gasteiger charge is -2.30. The summed E-state index contributed by atoms with van der Waals surface area (Å²) in [6, 6.07) is 126. The molecule has 3 heterocycles. The van der Waals surface area contributed by atoms with Crippen LogP contribution in [0.25, 0.3) is 167 Å². The molecule has 5 heteroatoms. The van der Waals surface area contributed by atoms with Gasteiger partial charge in [-0.1, -0.05) is 273 Å². The Kier molecular flexibility index (Phi) is 12.2. The van der Waals surface area contributed by atoms with E-state index < -0.39 is 5.41 Å². The zero-order valence-corrected chi connectivity index (χ0v) is 52.6. The summed E-state index contributed by atoms with van der Waals surface area (Å²) in [6.07, 6.45) is 0. The predicted octanol–water partition coefficient (Wildman–Crippen LogP) is 23.2. The van der Waals surface area contributed by atoms with Crippen LogP contribution in [0.5, 0.6) is 0 Å². The second-order valence-electron chi connectivity index (χ2n) is 25.7. The molecule has 0 N–H and O–H groups in total. The first-order chi connectivity index (χ1) is 48.1. The number of aromatic nitrogens is 5. The molecule has 5 nitrogen and oxygen atoms in total. The van der Waals surface area contributed by atoms with Crippen molar-refractivity contribution in [2.75, 3.05) is 0 Å². The molecular formula is C92H57N5. The third-order valence-corrected chi connectivity index (χ3v) is 20.5. The zero-order chi connectivity index (χ0) is 63.7. The minimum Gasteiger partial charge on any atom is -0.309 e. The van der Waals surface area contributed by atoms with E-state index in [2.05, 4.69) is 337 Å². The van der Waals surface area contributed by atoms with Gasteiger partial charge in [-0.3, -0.25) is 0 Å². The molecule has 18 aromatic rings. The number of nitrogens with zero attached hydrogens (tertiary/aromatic N) is 5. The summed E-state index contributed by atoms with van der Waals surface area (Å²) in [5.74, 6) is 1.77. The first-order valence-corrected chi connectivity index (χ1v) is 33.3. The standard InChI is InChI=1S/C92H57N5/c1-5-25-58(26-6-1)65-52-66(59-27-7-2-8-28-59)54-67(53-65)61-31-23-32-63(51-61)90-93-89(60-29-9-3-10-30-60)94-91(95-90)64-33-24-36-69(55-64)97-87-74-41-14-13-37-70(74)77(62-47-50-85-78(56-62)73-40-18-22-46-84(73)96(85)68-34-11-4-12-35-68)57-79(87)75-48-49-83-86(88(75)97)76-42-17-21-45-82(76)92(83)80-43-19-15-38-71(80)72-39-16-20-44-81(72)92/h1-57H. The third-order valence-electron chi connectivity index (χ3n) is 20.5. The Morgan fingerprint density at radius 1 is 0.206 bits per heavy atom. The fourth-order valence-corrected chi connectivity index (χ4v) is 16.4. The summed E-state index contributed by atoms with van der Waals surface area (Å²) in [5.41, 5.74) is 28.3. The lowest BCUT2D eigenvalue weighted by Crippen LogP contribution is -2.25. The van der Waals surface area contributed by atoms with Gasteiger partial charge in [0.15, 0.2) is 17.5 Å². The van der Waals surface area contributed by atoms with Crippen LogP contribution in [0.1, 0.15) is 22.3 Å². The maximum atomic E-state index is 5.51. The molecule has 0 unspecified atom stereocenters. The lowest BCUT2D eigenvalue weighted by molar-refractivity contribution is 0.794. The fourth-order valence-electron chi connectivity index (χ4n) is 16.4. The first-order valence-electron chi connectivity index (χ1n) is 33.3. The summed E-state index contributed by atoms with van der Waals surface area (Å²) in [4.78, 5) is 16.3. The third kappa shape index (κ3) is 8.35. The molecule has 0 saturated carbocycles. The monoisotopic (exact) mass is 1230 g/mol. The average Bonchev–Trinajstić information content (AvgIpc) is 1.49. The fraction of sp³-hybridized carbons (Fsp3) is 0.0109. The highest BCUT2D eigenvalue weighted by atomic mass is 15.0. The second-order valence-corrected chi connectivity index (χ2v) is 25.7. The normalized spacial score (nSPS) is 12.6. The molecule has 0 atom stereocenters. The summed E-state index contributed by atoms with van der Waals surface area (Å²) in [5, 5.41) is 7.13. The van der Waals surface area contributed by atoms with Gasteiger partial charge in [-0.2, -0.15) is 0 Å². The molecule has 20 rings (SSSR count). The van der Waals surface area contributed by atoms with Crippen molar-refractivity contribution in [2.45, 2.75) is 5.41 Å². The van der Waals surface area contributed by atoms with Crippen molar-refractivity contribution in [3.8, 4) is 112 Å². The maximum Gasteiger partial charge on any atom is 0.164 e. The van der Waals surface area contributed by atoms with Crippen LogP contribution in [0, 0.1) is 0 Å². The molecule has 97 heavy (non-hydrogen) atoms. The second kappa shape index (κ2) is 21.6. The van der Waals surface area contributed by atoms with E-state index in [4.69, 9.17) is 15.0 Å². The van der Waals surface area contributed by atoms with Crippen LogP contribution in [-0.2, 0) is 5.41 Å². The van der Waals surface area contributed by atoms with Gasteiger partial charge >= 0.3 is 0 Å². The van der Waals surface area contributed by atoms with Crippen LogP contribution in [0.3, 0.4) is 0 Å². The summed E-state index contributed by atoms with van der Waals surface area (Å²) in [7, 11) is 0. The van der Waals surface area contributed by atoms with Crippen LogP contribution in [0.2, 0.25) is 0 Å². The summed E-state index contributed by atoms with van der Waals surface area (Å²) >= 11 is 0. The van der Waals surface area contributed by atoms with E-state index in [0.717, 1.165) is 83.4 Å². The molecule has 2 aliphatic rings. The highest BCUT2D eigenvalue weighted by Gasteiger charge is 2.52. The van der Waals surface area contributed by atoms with Crippen molar-refractivity contribution in [2.24, 2.45) is 0 Å². The van der Waals surface area contributed by atoms with E-state index >= 15 is 0 Å². The summed E-state index contributed by atoms with van der Waals surface area (Å²) in [6.45, 7) is 0. The van der Waals surface area contributed by atoms with Gasteiger partial charge in [0.05, 0.1) is 27.5 Å². The number of hydrogen-bond acceptors (Lipinski definition) is 3. The molecule has 450 valence electrons. The quantitative estimate of drug-likeness (QED) is 0.145. The van der Waals surface area contributed by atoms with E-state index in [1.54, 1.807) is 0 Å². The largest absolute Gasteiger partial charge is 0.309 e. The predicted molar refractivity (Wildman–Crippen MR) is 400 cm³/mol. The molecule has 15 aromatic carbocycles. The zero-order valence-electron chi connectivity index (χ0n) is 52.6. The van der Waals surface area contributed by atoms with Crippen LogP contribution < -0.4 is 0 Å². The summed E-state index contributed by atoms with van der Waals surface area (Å²) < 4.78 is 4.98.